The van der Waals surface area contributed by atoms with Gasteiger partial charge in [-0.15, -0.1) is 0 Å². The minimum atomic E-state index is -0.599. The van der Waals surface area contributed by atoms with Gasteiger partial charge in [-0.2, -0.15) is 0 Å². The third-order valence-corrected chi connectivity index (χ3v) is 2.93. The molecule has 2 rings (SSSR count). The lowest BCUT2D eigenvalue weighted by atomic mass is 10.2. The van der Waals surface area contributed by atoms with E-state index in [4.69, 9.17) is 0 Å². The molecule has 2 heterocycles. The van der Waals surface area contributed by atoms with Gasteiger partial charge in [0, 0.05) is 19.6 Å². The highest BCUT2D eigenvalue weighted by Gasteiger charge is 2.41. The van der Waals surface area contributed by atoms with E-state index in [1.54, 1.807) is 4.90 Å². The van der Waals surface area contributed by atoms with E-state index < -0.39 is 6.09 Å². The van der Waals surface area contributed by atoms with Crippen LogP contribution in [0.2, 0.25) is 0 Å². The SMILES string of the molecule is CCNC(=O)N1CCC(N2C(=O)COC2=O)C1. The molecule has 1 atom stereocenters. The summed E-state index contributed by atoms with van der Waals surface area (Å²) in [5, 5.41) is 2.69. The summed E-state index contributed by atoms with van der Waals surface area (Å²) < 4.78 is 4.65. The molecular weight excluding hydrogens is 226 g/mol. The van der Waals surface area contributed by atoms with Crippen molar-refractivity contribution in [3.8, 4) is 0 Å². The average Bonchev–Trinajstić information content (AvgIpc) is 2.86. The van der Waals surface area contributed by atoms with Gasteiger partial charge in [-0.05, 0) is 13.3 Å². The van der Waals surface area contributed by atoms with Crippen LogP contribution in [0, 0.1) is 0 Å². The van der Waals surface area contributed by atoms with Crippen molar-refractivity contribution in [3.63, 3.8) is 0 Å². The molecule has 17 heavy (non-hydrogen) atoms. The maximum Gasteiger partial charge on any atom is 0.417 e. The molecule has 1 unspecified atom stereocenters. The predicted molar refractivity (Wildman–Crippen MR) is 57.2 cm³/mol. The van der Waals surface area contributed by atoms with Crippen molar-refractivity contribution in [2.24, 2.45) is 0 Å². The Morgan fingerprint density at radius 3 is 2.88 bits per heavy atom. The molecule has 0 aliphatic carbocycles. The fourth-order valence-electron chi connectivity index (χ4n) is 2.12. The van der Waals surface area contributed by atoms with Crippen LogP contribution in [0.1, 0.15) is 13.3 Å². The first-order chi connectivity index (χ1) is 8.13. The molecule has 0 aromatic carbocycles. The highest BCUT2D eigenvalue weighted by molar-refractivity contribution is 5.98. The van der Waals surface area contributed by atoms with Crippen LogP contribution in [0.25, 0.3) is 0 Å². The minimum absolute atomic E-state index is 0.157. The summed E-state index contributed by atoms with van der Waals surface area (Å²) in [4.78, 5) is 37.1. The molecule has 2 aliphatic rings. The Balaban J connectivity index is 1.95. The first kappa shape index (κ1) is 11.7. The smallest absolute Gasteiger partial charge is 0.417 e. The van der Waals surface area contributed by atoms with Crippen molar-refractivity contribution in [1.82, 2.24) is 15.1 Å². The van der Waals surface area contributed by atoms with Crippen molar-refractivity contribution in [3.05, 3.63) is 0 Å². The van der Waals surface area contributed by atoms with E-state index in [1.807, 2.05) is 6.92 Å². The lowest BCUT2D eigenvalue weighted by Crippen LogP contribution is -2.44. The van der Waals surface area contributed by atoms with Crippen molar-refractivity contribution in [1.29, 1.82) is 0 Å². The maximum absolute atomic E-state index is 11.6. The molecule has 94 valence electrons. The second-order valence-corrected chi connectivity index (χ2v) is 4.04. The van der Waals surface area contributed by atoms with E-state index in [1.165, 1.54) is 0 Å². The van der Waals surface area contributed by atoms with Gasteiger partial charge in [0.15, 0.2) is 6.61 Å². The number of rotatable bonds is 2. The normalized spacial score (nSPS) is 24.2. The second kappa shape index (κ2) is 4.60. The fraction of sp³-hybridized carbons (Fsp3) is 0.700. The topological polar surface area (TPSA) is 79.0 Å². The second-order valence-electron chi connectivity index (χ2n) is 4.04. The van der Waals surface area contributed by atoms with E-state index >= 15 is 0 Å². The molecule has 4 amide bonds. The number of amides is 4. The number of carbonyl (C=O) groups excluding carboxylic acids is 3. The standard InChI is InChI=1S/C10H15N3O4/c1-2-11-9(15)12-4-3-7(5-12)13-8(14)6-17-10(13)16/h7H,2-6H2,1H3,(H,11,15). The zero-order chi connectivity index (χ0) is 12.4. The van der Waals surface area contributed by atoms with Crippen LogP contribution in [0.5, 0.6) is 0 Å². The van der Waals surface area contributed by atoms with Gasteiger partial charge in [0.05, 0.1) is 6.04 Å². The third-order valence-electron chi connectivity index (χ3n) is 2.93. The van der Waals surface area contributed by atoms with Gasteiger partial charge in [0.25, 0.3) is 5.91 Å². The number of hydrogen-bond acceptors (Lipinski definition) is 4. The fourth-order valence-corrected chi connectivity index (χ4v) is 2.12. The Hall–Kier alpha value is -1.79. The maximum atomic E-state index is 11.6. The lowest BCUT2D eigenvalue weighted by Gasteiger charge is -2.20. The van der Waals surface area contributed by atoms with Crippen LogP contribution in [0.4, 0.5) is 9.59 Å². The molecule has 0 spiro atoms. The van der Waals surface area contributed by atoms with Gasteiger partial charge in [0.1, 0.15) is 0 Å². The summed E-state index contributed by atoms with van der Waals surface area (Å²) in [7, 11) is 0. The molecular formula is C10H15N3O4. The molecule has 0 radical (unpaired) electrons. The van der Waals surface area contributed by atoms with Gasteiger partial charge >= 0.3 is 12.1 Å². The molecule has 7 heteroatoms. The molecule has 0 saturated carbocycles. The van der Waals surface area contributed by atoms with E-state index in [9.17, 15) is 14.4 Å². The first-order valence-electron chi connectivity index (χ1n) is 5.65. The highest BCUT2D eigenvalue weighted by atomic mass is 16.6. The number of nitrogens with zero attached hydrogens (tertiary/aromatic N) is 2. The van der Waals surface area contributed by atoms with E-state index in [0.717, 1.165) is 4.90 Å². The molecule has 0 aromatic rings. The molecule has 7 nitrogen and oxygen atoms in total. The number of ether oxygens (including phenoxy) is 1. The predicted octanol–water partition coefficient (Wildman–Crippen LogP) is -0.231. The lowest BCUT2D eigenvalue weighted by molar-refractivity contribution is -0.127. The zero-order valence-electron chi connectivity index (χ0n) is 9.64. The van der Waals surface area contributed by atoms with Crippen molar-refractivity contribution in [2.75, 3.05) is 26.2 Å². The number of nitrogens with one attached hydrogen (secondary N) is 1. The first-order valence-corrected chi connectivity index (χ1v) is 5.65. The largest absolute Gasteiger partial charge is 0.439 e. The summed E-state index contributed by atoms with van der Waals surface area (Å²) in [6, 6.07) is -0.407. The van der Waals surface area contributed by atoms with Crippen molar-refractivity contribution >= 4 is 18.0 Å². The van der Waals surface area contributed by atoms with E-state index in [0.29, 0.717) is 26.1 Å². The highest BCUT2D eigenvalue weighted by Crippen LogP contribution is 2.19. The van der Waals surface area contributed by atoms with Crippen LogP contribution < -0.4 is 5.32 Å². The summed E-state index contributed by atoms with van der Waals surface area (Å²) in [6.45, 7) is 3.15. The quantitative estimate of drug-likeness (QED) is 0.724. The Labute approximate surface area is 98.7 Å². The van der Waals surface area contributed by atoms with Crippen LogP contribution >= 0.6 is 0 Å². The Morgan fingerprint density at radius 1 is 1.53 bits per heavy atom. The Morgan fingerprint density at radius 2 is 2.29 bits per heavy atom. The van der Waals surface area contributed by atoms with Gasteiger partial charge in [0.2, 0.25) is 0 Å². The number of hydrogen-bond donors (Lipinski definition) is 1. The number of carbonyl (C=O) groups is 3. The number of likely N-dealkylation sites (tertiary alicyclic amines) is 1. The number of urea groups is 1. The molecule has 2 fully saturated rings. The van der Waals surface area contributed by atoms with Gasteiger partial charge < -0.3 is 15.0 Å². The monoisotopic (exact) mass is 241 g/mol. The van der Waals surface area contributed by atoms with E-state index in [2.05, 4.69) is 10.1 Å². The number of imide groups is 1. The third kappa shape index (κ3) is 2.17. The number of cyclic esters (lactones) is 1. The van der Waals surface area contributed by atoms with Crippen LogP contribution in [0.3, 0.4) is 0 Å². The van der Waals surface area contributed by atoms with Crippen LogP contribution in [0.15, 0.2) is 0 Å². The van der Waals surface area contributed by atoms with Gasteiger partial charge in [-0.1, -0.05) is 0 Å². The van der Waals surface area contributed by atoms with Crippen molar-refractivity contribution in [2.45, 2.75) is 19.4 Å². The summed E-state index contributed by atoms with van der Waals surface area (Å²) in [6.07, 6.45) is 0.00980. The average molecular weight is 241 g/mol. The van der Waals surface area contributed by atoms with Gasteiger partial charge in [-0.25, -0.2) is 14.5 Å². The van der Waals surface area contributed by atoms with Gasteiger partial charge in [-0.3, -0.25) is 4.79 Å². The molecule has 0 aromatic heterocycles. The molecule has 1 N–H and O–H groups in total. The molecule has 0 bridgehead atoms. The van der Waals surface area contributed by atoms with E-state index in [-0.39, 0.29) is 24.6 Å². The summed E-state index contributed by atoms with van der Waals surface area (Å²) >= 11 is 0. The Bertz CT molecular complexity index is 341. The zero-order valence-corrected chi connectivity index (χ0v) is 9.64. The van der Waals surface area contributed by atoms with Crippen LogP contribution in [-0.4, -0.2) is 60.1 Å². The minimum Gasteiger partial charge on any atom is -0.439 e. The van der Waals surface area contributed by atoms with Crippen molar-refractivity contribution < 1.29 is 19.1 Å². The molecule has 2 aliphatic heterocycles. The summed E-state index contributed by atoms with van der Waals surface area (Å²) in [5.74, 6) is -0.322. The summed E-state index contributed by atoms with van der Waals surface area (Å²) in [5.41, 5.74) is 0. The van der Waals surface area contributed by atoms with Crippen LogP contribution in [-0.2, 0) is 9.53 Å². The Kier molecular flexibility index (Phi) is 3.16. The molecule has 2 saturated heterocycles.